The number of methoxy groups -OCH3 is 3. The fraction of sp³-hybridized carbons (Fsp3) is 0.333. The molecule has 8 heteroatoms. The number of carbonyl (C=O) groups is 2. The van der Waals surface area contributed by atoms with Gasteiger partial charge in [-0.3, -0.25) is 9.59 Å². The van der Waals surface area contributed by atoms with Gasteiger partial charge in [0, 0.05) is 41.5 Å². The molecule has 1 amide bonds. The van der Waals surface area contributed by atoms with Gasteiger partial charge in [0.1, 0.15) is 11.5 Å². The number of Topliss-reactive ketones (excluding diaryl/α,β-unsaturated/α-hetero) is 1. The molecule has 0 spiro atoms. The lowest BCUT2D eigenvalue weighted by atomic mass is 9.73. The molecule has 0 saturated heterocycles. The number of ether oxygens (including phenoxy) is 3. The van der Waals surface area contributed by atoms with Crippen LogP contribution < -0.4 is 19.5 Å². The second-order valence-electron chi connectivity index (χ2n) is 7.89. The van der Waals surface area contributed by atoms with Crippen molar-refractivity contribution in [1.29, 1.82) is 0 Å². The maximum atomic E-state index is 13.4. The average molecular weight is 502 g/mol. The van der Waals surface area contributed by atoms with E-state index in [-0.39, 0.29) is 35.5 Å². The summed E-state index contributed by atoms with van der Waals surface area (Å²) >= 11 is 3.33. The van der Waals surface area contributed by atoms with Crippen LogP contribution in [0.2, 0.25) is 0 Å². The third-order valence-corrected chi connectivity index (χ3v) is 6.69. The number of carbonyl (C=O) groups excluding carboxylic acids is 2. The maximum absolute atomic E-state index is 13.4. The highest BCUT2D eigenvalue weighted by atomic mass is 79.9. The van der Waals surface area contributed by atoms with Gasteiger partial charge >= 0.3 is 0 Å². The molecule has 2 aliphatic rings. The Labute approximate surface area is 194 Å². The van der Waals surface area contributed by atoms with Gasteiger partial charge in [-0.1, -0.05) is 0 Å². The number of allylic oxidation sites excluding steroid dienone is 2. The van der Waals surface area contributed by atoms with Crippen LogP contribution in [0.15, 0.2) is 46.1 Å². The SMILES string of the molecule is COc1ccc(OC)c(C2CC(=O)C3=C(C2)NC(=O)CC3c2cc(Br)c(O)c(OC)c2)c1. The normalized spacial score (nSPS) is 20.5. The molecule has 0 radical (unpaired) electrons. The van der Waals surface area contributed by atoms with Crippen molar-refractivity contribution in [3.8, 4) is 23.0 Å². The zero-order valence-corrected chi connectivity index (χ0v) is 19.6. The van der Waals surface area contributed by atoms with Gasteiger partial charge in [0.25, 0.3) is 0 Å². The highest BCUT2D eigenvalue weighted by Gasteiger charge is 2.39. The molecule has 0 saturated carbocycles. The first kappa shape index (κ1) is 22.2. The lowest BCUT2D eigenvalue weighted by Gasteiger charge is -2.35. The second-order valence-corrected chi connectivity index (χ2v) is 8.74. The van der Waals surface area contributed by atoms with E-state index in [0.717, 1.165) is 11.1 Å². The van der Waals surface area contributed by atoms with Crippen molar-refractivity contribution in [1.82, 2.24) is 5.32 Å². The van der Waals surface area contributed by atoms with Gasteiger partial charge < -0.3 is 24.6 Å². The van der Waals surface area contributed by atoms with E-state index in [9.17, 15) is 14.7 Å². The molecule has 4 rings (SSSR count). The first-order valence-electron chi connectivity index (χ1n) is 10.2. The lowest BCUT2D eigenvalue weighted by Crippen LogP contribution is -2.38. The number of benzene rings is 2. The Hall–Kier alpha value is -3.00. The number of rotatable bonds is 5. The van der Waals surface area contributed by atoms with Crippen molar-refractivity contribution in [2.75, 3.05) is 21.3 Å². The fourth-order valence-corrected chi connectivity index (χ4v) is 5.03. The van der Waals surface area contributed by atoms with Crippen LogP contribution >= 0.6 is 15.9 Å². The van der Waals surface area contributed by atoms with Gasteiger partial charge in [0.05, 0.1) is 25.8 Å². The number of ketones is 1. The number of hydrogen-bond donors (Lipinski definition) is 2. The third-order valence-electron chi connectivity index (χ3n) is 6.09. The van der Waals surface area contributed by atoms with Gasteiger partial charge in [-0.2, -0.15) is 0 Å². The number of nitrogens with one attached hydrogen (secondary N) is 1. The molecule has 0 bridgehead atoms. The Morgan fingerprint density at radius 3 is 2.41 bits per heavy atom. The van der Waals surface area contributed by atoms with Crippen LogP contribution in [0.3, 0.4) is 0 Å². The van der Waals surface area contributed by atoms with Crippen molar-refractivity contribution in [2.24, 2.45) is 0 Å². The Balaban J connectivity index is 1.76. The largest absolute Gasteiger partial charge is 0.503 e. The van der Waals surface area contributed by atoms with E-state index in [4.69, 9.17) is 14.2 Å². The summed E-state index contributed by atoms with van der Waals surface area (Å²) in [6, 6.07) is 8.93. The molecular weight excluding hydrogens is 478 g/mol. The zero-order chi connectivity index (χ0) is 23.0. The molecule has 168 valence electrons. The summed E-state index contributed by atoms with van der Waals surface area (Å²) < 4.78 is 16.6. The molecule has 2 unspecified atom stereocenters. The second kappa shape index (κ2) is 8.86. The summed E-state index contributed by atoms with van der Waals surface area (Å²) in [5.74, 6) is 0.891. The predicted octanol–water partition coefficient (Wildman–Crippen LogP) is 4.18. The van der Waals surface area contributed by atoms with Crippen LogP contribution in [-0.2, 0) is 9.59 Å². The number of halogens is 1. The average Bonchev–Trinajstić information content (AvgIpc) is 2.79. The summed E-state index contributed by atoms with van der Waals surface area (Å²) in [4.78, 5) is 26.0. The van der Waals surface area contributed by atoms with Crippen molar-refractivity contribution in [2.45, 2.75) is 31.1 Å². The van der Waals surface area contributed by atoms with Crippen molar-refractivity contribution in [3.63, 3.8) is 0 Å². The van der Waals surface area contributed by atoms with E-state index < -0.39 is 5.92 Å². The minimum atomic E-state index is -0.412. The Morgan fingerprint density at radius 1 is 0.969 bits per heavy atom. The van der Waals surface area contributed by atoms with E-state index in [0.29, 0.717) is 40.1 Å². The van der Waals surface area contributed by atoms with E-state index in [1.165, 1.54) is 7.11 Å². The van der Waals surface area contributed by atoms with Gasteiger partial charge in [-0.25, -0.2) is 0 Å². The van der Waals surface area contributed by atoms with Gasteiger partial charge in [0.2, 0.25) is 5.91 Å². The first-order valence-corrected chi connectivity index (χ1v) is 11.0. The number of phenols is 1. The molecule has 1 aliphatic heterocycles. The van der Waals surface area contributed by atoms with E-state index in [1.807, 2.05) is 18.2 Å². The van der Waals surface area contributed by atoms with E-state index in [2.05, 4.69) is 21.2 Å². The first-order chi connectivity index (χ1) is 15.4. The smallest absolute Gasteiger partial charge is 0.225 e. The molecule has 2 atom stereocenters. The lowest BCUT2D eigenvalue weighted by molar-refractivity contribution is -0.122. The summed E-state index contributed by atoms with van der Waals surface area (Å²) in [5.41, 5.74) is 2.86. The van der Waals surface area contributed by atoms with Crippen LogP contribution in [0.25, 0.3) is 0 Å². The number of aromatic hydroxyl groups is 1. The minimum absolute atomic E-state index is 0.0192. The van der Waals surface area contributed by atoms with Gasteiger partial charge in [-0.05, 0) is 58.2 Å². The highest BCUT2D eigenvalue weighted by Crippen LogP contribution is 2.47. The van der Waals surface area contributed by atoms with Crippen molar-refractivity contribution >= 4 is 27.6 Å². The van der Waals surface area contributed by atoms with Crippen LogP contribution in [0.1, 0.15) is 42.2 Å². The molecule has 2 N–H and O–H groups in total. The van der Waals surface area contributed by atoms with Gasteiger partial charge in [-0.15, -0.1) is 0 Å². The minimum Gasteiger partial charge on any atom is -0.503 e. The van der Waals surface area contributed by atoms with Crippen LogP contribution in [-0.4, -0.2) is 38.1 Å². The summed E-state index contributed by atoms with van der Waals surface area (Å²) in [5, 5.41) is 13.1. The molecule has 0 aromatic heterocycles. The quantitative estimate of drug-likeness (QED) is 0.637. The van der Waals surface area contributed by atoms with Gasteiger partial charge in [0.15, 0.2) is 17.3 Å². The van der Waals surface area contributed by atoms with E-state index >= 15 is 0 Å². The summed E-state index contributed by atoms with van der Waals surface area (Å²) in [6.07, 6.45) is 0.951. The third kappa shape index (κ3) is 3.95. The predicted molar refractivity (Wildman–Crippen MR) is 121 cm³/mol. The number of phenolic OH excluding ortho intramolecular Hbond substituents is 1. The molecule has 1 aliphatic carbocycles. The molecule has 32 heavy (non-hydrogen) atoms. The molecule has 1 heterocycles. The van der Waals surface area contributed by atoms with Crippen LogP contribution in [0, 0.1) is 0 Å². The van der Waals surface area contributed by atoms with Crippen LogP contribution in [0.4, 0.5) is 0 Å². The topological polar surface area (TPSA) is 94.1 Å². The molecular formula is C24H24BrNO6. The van der Waals surface area contributed by atoms with Crippen LogP contribution in [0.5, 0.6) is 23.0 Å². The summed E-state index contributed by atoms with van der Waals surface area (Å²) in [6.45, 7) is 0. The van der Waals surface area contributed by atoms with Crippen molar-refractivity contribution < 1.29 is 28.9 Å². The molecule has 2 aromatic carbocycles. The fourth-order valence-electron chi connectivity index (χ4n) is 4.57. The Bertz CT molecular complexity index is 1130. The number of hydrogen-bond acceptors (Lipinski definition) is 6. The standard InChI is InChI=1S/C24H24BrNO6/c1-30-14-4-5-20(31-2)15(10-14)13-7-18-23(19(27)8-13)16(11-22(28)26-18)12-6-17(25)24(29)21(9-12)32-3/h4-6,9-10,13,16,29H,7-8,11H2,1-3H3,(H,26,28). The number of amides is 1. The molecule has 7 nitrogen and oxygen atoms in total. The zero-order valence-electron chi connectivity index (χ0n) is 18.0. The summed E-state index contributed by atoms with van der Waals surface area (Å²) in [7, 11) is 4.64. The molecule has 0 fully saturated rings. The Kier molecular flexibility index (Phi) is 6.15. The Morgan fingerprint density at radius 2 is 1.72 bits per heavy atom. The maximum Gasteiger partial charge on any atom is 0.225 e. The molecule has 2 aromatic rings. The van der Waals surface area contributed by atoms with Crippen molar-refractivity contribution in [3.05, 3.63) is 57.2 Å². The monoisotopic (exact) mass is 501 g/mol. The van der Waals surface area contributed by atoms with E-state index in [1.54, 1.807) is 26.4 Å². The highest BCUT2D eigenvalue weighted by molar-refractivity contribution is 9.10.